The second-order valence-corrected chi connectivity index (χ2v) is 9.39. The Bertz CT molecular complexity index is 1260. The van der Waals surface area contributed by atoms with Crippen molar-refractivity contribution in [3.63, 3.8) is 0 Å². The Kier molecular flexibility index (Phi) is 9.80. The van der Waals surface area contributed by atoms with Crippen molar-refractivity contribution < 1.29 is 19.4 Å². The predicted octanol–water partition coefficient (Wildman–Crippen LogP) is 5.84. The van der Waals surface area contributed by atoms with E-state index in [0.717, 1.165) is 24.1 Å². The zero-order chi connectivity index (χ0) is 26.1. The highest BCUT2D eigenvalue weighted by Crippen LogP contribution is 2.29. The number of aliphatic carboxylic acids is 1. The van der Waals surface area contributed by atoms with Crippen molar-refractivity contribution in [3.8, 4) is 17.3 Å². The number of carbonyl (C=O) groups excluding carboxylic acids is 1. The minimum absolute atomic E-state index is 0.0788. The number of ether oxygens (including phenoxy) is 1. The van der Waals surface area contributed by atoms with Crippen LogP contribution in [0.25, 0.3) is 11.3 Å². The van der Waals surface area contributed by atoms with Crippen molar-refractivity contribution in [2.75, 3.05) is 6.61 Å². The molecule has 0 saturated carbocycles. The first-order valence-corrected chi connectivity index (χ1v) is 12.3. The SMILES string of the molecule is C[C@H](CC(=O)O)CC(=O)c1c(-c2cccc(C#N)c2)nn(C)c1CCCCOCc1cccc(Cl)c1. The van der Waals surface area contributed by atoms with Crippen LogP contribution in [0.3, 0.4) is 0 Å². The molecule has 2 aromatic carbocycles. The van der Waals surface area contributed by atoms with E-state index in [1.165, 1.54) is 0 Å². The zero-order valence-electron chi connectivity index (χ0n) is 20.5. The van der Waals surface area contributed by atoms with Crippen molar-refractivity contribution in [1.29, 1.82) is 5.26 Å². The molecule has 0 spiro atoms. The monoisotopic (exact) mass is 507 g/mol. The van der Waals surface area contributed by atoms with Crippen molar-refractivity contribution >= 4 is 23.4 Å². The van der Waals surface area contributed by atoms with Gasteiger partial charge in [0.2, 0.25) is 0 Å². The van der Waals surface area contributed by atoms with Gasteiger partial charge in [0.25, 0.3) is 0 Å². The van der Waals surface area contributed by atoms with Gasteiger partial charge in [0.15, 0.2) is 5.78 Å². The Morgan fingerprint density at radius 1 is 1.17 bits per heavy atom. The van der Waals surface area contributed by atoms with Crippen LogP contribution in [0.1, 0.15) is 59.8 Å². The number of nitrogens with zero attached hydrogens (tertiary/aromatic N) is 3. The maximum atomic E-state index is 13.4. The van der Waals surface area contributed by atoms with Gasteiger partial charge in [-0.15, -0.1) is 0 Å². The number of ketones is 1. The minimum atomic E-state index is -0.929. The first kappa shape index (κ1) is 27.1. The van der Waals surface area contributed by atoms with E-state index in [1.54, 1.807) is 36.9 Å². The number of hydrogen-bond donors (Lipinski definition) is 1. The summed E-state index contributed by atoms with van der Waals surface area (Å²) in [6.07, 6.45) is 2.24. The Balaban J connectivity index is 1.73. The summed E-state index contributed by atoms with van der Waals surface area (Å²) in [4.78, 5) is 24.5. The van der Waals surface area contributed by atoms with E-state index in [9.17, 15) is 14.9 Å². The van der Waals surface area contributed by atoms with E-state index < -0.39 is 5.97 Å². The number of Topliss-reactive ketones (excluding diaryl/α,β-unsaturated/α-hetero) is 1. The first-order chi connectivity index (χ1) is 17.3. The van der Waals surface area contributed by atoms with E-state index in [0.29, 0.717) is 47.0 Å². The number of aryl methyl sites for hydroxylation is 1. The molecule has 0 aliphatic heterocycles. The standard InChI is InChI=1S/C28H30ClN3O4/c1-19(14-26(34)35)13-25(33)27-24(11-3-4-12-36-18-21-8-6-10-23(29)16-21)32(2)31-28(27)22-9-5-7-20(15-22)17-30/h5-10,15-16,19H,3-4,11-14,18H2,1-2H3,(H,34,35)/t19-/m0/s1. The number of aromatic nitrogens is 2. The number of unbranched alkanes of at least 4 members (excludes halogenated alkanes) is 1. The molecule has 36 heavy (non-hydrogen) atoms. The topological polar surface area (TPSA) is 105 Å². The zero-order valence-corrected chi connectivity index (χ0v) is 21.3. The highest BCUT2D eigenvalue weighted by molar-refractivity contribution is 6.30. The largest absolute Gasteiger partial charge is 0.481 e. The molecule has 1 N–H and O–H groups in total. The third-order valence-electron chi connectivity index (χ3n) is 5.88. The lowest BCUT2D eigenvalue weighted by molar-refractivity contribution is -0.137. The van der Waals surface area contributed by atoms with Crippen LogP contribution < -0.4 is 0 Å². The Morgan fingerprint density at radius 3 is 2.67 bits per heavy atom. The van der Waals surface area contributed by atoms with Gasteiger partial charge in [-0.2, -0.15) is 10.4 Å². The number of nitriles is 1. The number of benzene rings is 2. The van der Waals surface area contributed by atoms with E-state index in [-0.39, 0.29) is 24.5 Å². The van der Waals surface area contributed by atoms with E-state index >= 15 is 0 Å². The molecule has 1 aromatic heterocycles. The fraction of sp³-hybridized carbons (Fsp3) is 0.357. The molecule has 1 atom stereocenters. The van der Waals surface area contributed by atoms with Crippen LogP contribution in [-0.2, 0) is 29.6 Å². The number of rotatable bonds is 13. The van der Waals surface area contributed by atoms with Gasteiger partial charge in [-0.1, -0.05) is 42.8 Å². The predicted molar refractivity (Wildman–Crippen MR) is 138 cm³/mol. The molecule has 8 heteroatoms. The summed E-state index contributed by atoms with van der Waals surface area (Å²) in [5.41, 5.74) is 4.01. The lowest BCUT2D eigenvalue weighted by atomic mass is 9.92. The van der Waals surface area contributed by atoms with Crippen LogP contribution in [-0.4, -0.2) is 33.2 Å². The van der Waals surface area contributed by atoms with Gasteiger partial charge >= 0.3 is 5.97 Å². The van der Waals surface area contributed by atoms with Crippen molar-refractivity contribution in [2.45, 2.75) is 45.6 Å². The quantitative estimate of drug-likeness (QED) is 0.230. The smallest absolute Gasteiger partial charge is 0.303 e. The Hall–Kier alpha value is -3.47. The summed E-state index contributed by atoms with van der Waals surface area (Å²) in [6.45, 7) is 2.81. The number of carbonyl (C=O) groups is 2. The molecule has 0 radical (unpaired) electrons. The summed E-state index contributed by atoms with van der Waals surface area (Å²) in [6, 6.07) is 16.7. The summed E-state index contributed by atoms with van der Waals surface area (Å²) >= 11 is 6.01. The molecule has 0 aliphatic rings. The molecular formula is C28H30ClN3O4. The molecule has 188 valence electrons. The highest BCUT2D eigenvalue weighted by Gasteiger charge is 2.25. The van der Waals surface area contributed by atoms with E-state index in [2.05, 4.69) is 11.2 Å². The number of carboxylic acid groups (broad SMARTS) is 1. The van der Waals surface area contributed by atoms with Gasteiger partial charge < -0.3 is 9.84 Å². The Labute approximate surface area is 216 Å². The Morgan fingerprint density at radius 2 is 1.94 bits per heavy atom. The third-order valence-corrected chi connectivity index (χ3v) is 6.11. The van der Waals surface area contributed by atoms with Gasteiger partial charge in [-0.05, 0) is 55.0 Å². The molecule has 0 saturated heterocycles. The van der Waals surface area contributed by atoms with Crippen LogP contribution in [0, 0.1) is 17.2 Å². The molecule has 1 heterocycles. The molecule has 0 fully saturated rings. The molecule has 0 amide bonds. The number of halogens is 1. The van der Waals surface area contributed by atoms with Gasteiger partial charge in [-0.3, -0.25) is 14.3 Å². The average Bonchev–Trinajstić information content (AvgIpc) is 3.17. The van der Waals surface area contributed by atoms with Crippen molar-refractivity contribution in [1.82, 2.24) is 9.78 Å². The third kappa shape index (κ3) is 7.51. The van der Waals surface area contributed by atoms with Crippen LogP contribution in [0.15, 0.2) is 48.5 Å². The lowest BCUT2D eigenvalue weighted by Crippen LogP contribution is -2.13. The van der Waals surface area contributed by atoms with Gasteiger partial charge in [-0.25, -0.2) is 0 Å². The van der Waals surface area contributed by atoms with E-state index in [1.807, 2.05) is 30.3 Å². The molecular weight excluding hydrogens is 478 g/mol. The van der Waals surface area contributed by atoms with Crippen LogP contribution in [0.4, 0.5) is 0 Å². The minimum Gasteiger partial charge on any atom is -0.481 e. The second kappa shape index (κ2) is 13.0. The van der Waals surface area contributed by atoms with Crippen LogP contribution in [0.2, 0.25) is 5.02 Å². The molecule has 3 aromatic rings. The molecule has 3 rings (SSSR count). The van der Waals surface area contributed by atoms with Gasteiger partial charge in [0.05, 0.1) is 23.8 Å². The second-order valence-electron chi connectivity index (χ2n) is 8.96. The summed E-state index contributed by atoms with van der Waals surface area (Å²) in [7, 11) is 1.81. The molecule has 7 nitrogen and oxygen atoms in total. The molecule has 0 aliphatic carbocycles. The fourth-order valence-electron chi connectivity index (χ4n) is 4.18. The lowest BCUT2D eigenvalue weighted by Gasteiger charge is -2.11. The maximum absolute atomic E-state index is 13.4. The summed E-state index contributed by atoms with van der Waals surface area (Å²) < 4.78 is 7.49. The highest BCUT2D eigenvalue weighted by atomic mass is 35.5. The fourth-order valence-corrected chi connectivity index (χ4v) is 4.39. The molecule has 0 unspecified atom stereocenters. The van der Waals surface area contributed by atoms with Gasteiger partial charge in [0.1, 0.15) is 5.69 Å². The van der Waals surface area contributed by atoms with Gasteiger partial charge in [0, 0.05) is 42.8 Å². The molecule has 0 bridgehead atoms. The summed E-state index contributed by atoms with van der Waals surface area (Å²) in [5, 5.41) is 23.7. The first-order valence-electron chi connectivity index (χ1n) is 11.9. The summed E-state index contributed by atoms with van der Waals surface area (Å²) in [5.74, 6) is -1.37. The van der Waals surface area contributed by atoms with Crippen molar-refractivity contribution in [3.05, 3.63) is 75.9 Å². The van der Waals surface area contributed by atoms with Crippen LogP contribution >= 0.6 is 11.6 Å². The maximum Gasteiger partial charge on any atom is 0.303 e. The number of carboxylic acids is 1. The van der Waals surface area contributed by atoms with E-state index in [4.69, 9.17) is 21.4 Å². The van der Waals surface area contributed by atoms with Crippen LogP contribution in [0.5, 0.6) is 0 Å². The normalized spacial score (nSPS) is 11.7. The number of hydrogen-bond acceptors (Lipinski definition) is 5. The average molecular weight is 508 g/mol. The van der Waals surface area contributed by atoms with Crippen molar-refractivity contribution in [2.24, 2.45) is 13.0 Å².